The summed E-state index contributed by atoms with van der Waals surface area (Å²) >= 11 is 0. The summed E-state index contributed by atoms with van der Waals surface area (Å²) < 4.78 is 0. The van der Waals surface area contributed by atoms with E-state index in [0.717, 1.165) is 18.3 Å². The van der Waals surface area contributed by atoms with E-state index in [1.54, 1.807) is 66.8 Å². The summed E-state index contributed by atoms with van der Waals surface area (Å²) in [4.78, 5) is 0. The maximum Gasteiger partial charge on any atom is 0.0203 e. The lowest BCUT2D eigenvalue weighted by Crippen LogP contribution is -2.35. The zero-order valence-corrected chi connectivity index (χ0v) is 39.2. The van der Waals surface area contributed by atoms with Gasteiger partial charge in [-0.2, -0.15) is 0 Å². The Morgan fingerprint density at radius 2 is 1.33 bits per heavy atom. The molecule has 0 bridgehead atoms. The van der Waals surface area contributed by atoms with E-state index in [1.165, 1.54) is 54.4 Å². The van der Waals surface area contributed by atoms with Crippen molar-refractivity contribution in [2.45, 2.75) is 88.9 Å². The van der Waals surface area contributed by atoms with Gasteiger partial charge in [0.05, 0.1) is 0 Å². The fourth-order valence-corrected chi connectivity index (χ4v) is 17.8. The zero-order chi connectivity index (χ0) is 43.8. The van der Waals surface area contributed by atoms with E-state index in [1.807, 2.05) is 0 Å². The molecule has 11 aliphatic carbocycles. The Labute approximate surface area is 393 Å². The molecule has 0 heterocycles. The highest BCUT2D eigenvalue weighted by molar-refractivity contribution is 6.09. The standard InChI is InChI=1S/C66H62/c1-65(2)54-26-12-10-20-43(54)45-30-28-38(34-56(45)65)40-32-33-51-60-47(40)22-14-25-50(60)64-59(37-16-6-5-7-17-37)62-49-24-15-23-48-41-18-8-9-19-42(41)52(61(48)49)36-53(62)58(63(51)64)39-29-31-46-44-21-11-13-27-55(44)66(3,4)57(46)35-39/h5-14,16-22,25-27,29-33,35,38,41-42,44,47-49,52,55-56,60-61H,15,23-24,28,34,36H2,1-4H3. The van der Waals surface area contributed by atoms with Gasteiger partial charge in [-0.3, -0.25) is 0 Å². The van der Waals surface area contributed by atoms with Crippen molar-refractivity contribution in [3.8, 4) is 22.3 Å². The van der Waals surface area contributed by atoms with Gasteiger partial charge in [0.15, 0.2) is 0 Å². The van der Waals surface area contributed by atoms with Crippen LogP contribution in [0.1, 0.15) is 116 Å². The van der Waals surface area contributed by atoms with Crippen LogP contribution < -0.4 is 0 Å². The second kappa shape index (κ2) is 13.6. The van der Waals surface area contributed by atoms with Crippen molar-refractivity contribution in [3.05, 3.63) is 208 Å². The van der Waals surface area contributed by atoms with Gasteiger partial charge in [-0.1, -0.05) is 198 Å². The van der Waals surface area contributed by atoms with Crippen molar-refractivity contribution >= 4 is 16.7 Å². The van der Waals surface area contributed by atoms with Gasteiger partial charge in [-0.25, -0.2) is 0 Å². The molecule has 0 saturated heterocycles. The Balaban J connectivity index is 0.972. The largest absolute Gasteiger partial charge is 0.0805 e. The maximum absolute atomic E-state index is 2.72. The van der Waals surface area contributed by atoms with Crippen LogP contribution >= 0.6 is 0 Å². The molecule has 12 atom stereocenters. The van der Waals surface area contributed by atoms with Crippen LogP contribution in [0.4, 0.5) is 0 Å². The van der Waals surface area contributed by atoms with E-state index in [2.05, 4.69) is 186 Å². The van der Waals surface area contributed by atoms with E-state index in [-0.39, 0.29) is 10.8 Å². The molecule has 0 radical (unpaired) electrons. The smallest absolute Gasteiger partial charge is 0.0203 e. The maximum atomic E-state index is 2.72. The molecule has 2 fully saturated rings. The average Bonchev–Trinajstić information content (AvgIpc) is 4.01. The third-order valence-electron chi connectivity index (χ3n) is 20.4. The number of fused-ring (bicyclic) bond motifs is 14. The molecular formula is C66H62. The average molecular weight is 855 g/mol. The predicted molar refractivity (Wildman–Crippen MR) is 275 cm³/mol. The van der Waals surface area contributed by atoms with Crippen LogP contribution in [0.15, 0.2) is 163 Å². The summed E-state index contributed by atoms with van der Waals surface area (Å²) in [5.41, 5.74) is 25.4. The molecule has 66 heavy (non-hydrogen) atoms. The molecule has 0 aromatic heterocycles. The molecule has 326 valence electrons. The molecule has 0 aliphatic heterocycles. The lowest BCUT2D eigenvalue weighted by atomic mass is 9.59. The highest BCUT2D eigenvalue weighted by Crippen LogP contribution is 2.69. The molecule has 0 nitrogen and oxygen atoms in total. The molecule has 4 aromatic carbocycles. The zero-order valence-electron chi connectivity index (χ0n) is 39.2. The minimum absolute atomic E-state index is 0.0565. The van der Waals surface area contributed by atoms with Gasteiger partial charge in [0.2, 0.25) is 0 Å². The number of benzene rings is 4. The number of hydrogen-bond acceptors (Lipinski definition) is 0. The van der Waals surface area contributed by atoms with E-state index in [9.17, 15) is 0 Å². The van der Waals surface area contributed by atoms with Crippen LogP contribution in [-0.2, 0) is 17.3 Å². The van der Waals surface area contributed by atoms with Crippen LogP contribution in [0.5, 0.6) is 0 Å². The Bertz CT molecular complexity index is 3100. The van der Waals surface area contributed by atoms with Gasteiger partial charge >= 0.3 is 0 Å². The summed E-state index contributed by atoms with van der Waals surface area (Å²) in [6.45, 7) is 10.1. The summed E-state index contributed by atoms with van der Waals surface area (Å²) in [6.07, 6.45) is 42.8. The summed E-state index contributed by atoms with van der Waals surface area (Å²) in [7, 11) is 0. The highest BCUT2D eigenvalue weighted by Gasteiger charge is 2.58. The Hall–Kier alpha value is -5.46. The quantitative estimate of drug-likeness (QED) is 0.193. The third-order valence-corrected chi connectivity index (χ3v) is 20.4. The van der Waals surface area contributed by atoms with Gasteiger partial charge in [0, 0.05) is 17.8 Å². The first-order valence-corrected chi connectivity index (χ1v) is 26.0. The number of allylic oxidation sites excluding steroid dienone is 18. The fourth-order valence-electron chi connectivity index (χ4n) is 17.8. The molecule has 2 saturated carbocycles. The molecule has 12 unspecified atom stereocenters. The van der Waals surface area contributed by atoms with Crippen molar-refractivity contribution in [1.82, 2.24) is 0 Å². The van der Waals surface area contributed by atoms with E-state index in [0.29, 0.717) is 59.2 Å². The summed E-state index contributed by atoms with van der Waals surface area (Å²) in [6, 6.07) is 29.0. The van der Waals surface area contributed by atoms with Gasteiger partial charge in [-0.15, -0.1) is 0 Å². The Morgan fingerprint density at radius 3 is 2.21 bits per heavy atom. The molecule has 0 N–H and O–H groups in total. The molecule has 0 spiro atoms. The molecule has 0 heteroatoms. The van der Waals surface area contributed by atoms with Crippen LogP contribution in [0.2, 0.25) is 0 Å². The summed E-state index contributed by atoms with van der Waals surface area (Å²) in [5.74, 6) is 6.85. The SMILES string of the molecule is CC1(C)c2ccccc2C2=CCC(C3=CC=C4c5c(c(-c6ccccc6)c6c(c5-c5ccc7c(c5)C(C)(C)C5C=CC=CC75)CC5C7C=CC=CC7C7CCCC6C75)C5=CC=CC3C45)CC21. The fraction of sp³-hybridized carbons (Fsp3) is 0.364. The van der Waals surface area contributed by atoms with Crippen LogP contribution in [0.25, 0.3) is 39.0 Å². The second-order valence-electron chi connectivity index (χ2n) is 23.6. The second-order valence-corrected chi connectivity index (χ2v) is 23.6. The minimum Gasteiger partial charge on any atom is -0.0805 e. The summed E-state index contributed by atoms with van der Waals surface area (Å²) in [5, 5.41) is 0. The number of hydrogen-bond donors (Lipinski definition) is 0. The predicted octanol–water partition coefficient (Wildman–Crippen LogP) is 16.1. The van der Waals surface area contributed by atoms with Gasteiger partial charge in [0.1, 0.15) is 0 Å². The van der Waals surface area contributed by atoms with Crippen molar-refractivity contribution in [1.29, 1.82) is 0 Å². The number of rotatable bonds is 3. The van der Waals surface area contributed by atoms with Crippen LogP contribution in [0, 0.1) is 59.2 Å². The highest BCUT2D eigenvalue weighted by atomic mass is 14.6. The first-order valence-electron chi connectivity index (χ1n) is 26.0. The monoisotopic (exact) mass is 854 g/mol. The van der Waals surface area contributed by atoms with Gasteiger partial charge < -0.3 is 0 Å². The first kappa shape index (κ1) is 38.6. The van der Waals surface area contributed by atoms with Crippen molar-refractivity contribution in [3.63, 3.8) is 0 Å². The molecular weight excluding hydrogens is 793 g/mol. The van der Waals surface area contributed by atoms with E-state index < -0.39 is 0 Å². The topological polar surface area (TPSA) is 0 Å². The molecule has 4 aromatic rings. The lowest BCUT2D eigenvalue weighted by molar-refractivity contribution is 0.167. The van der Waals surface area contributed by atoms with Crippen LogP contribution in [0.3, 0.4) is 0 Å². The normalized spacial score (nSPS) is 35.2. The van der Waals surface area contributed by atoms with Crippen molar-refractivity contribution < 1.29 is 0 Å². The third kappa shape index (κ3) is 4.92. The molecule has 0 amide bonds. The molecule has 11 aliphatic rings. The van der Waals surface area contributed by atoms with Crippen molar-refractivity contribution in [2.24, 2.45) is 59.2 Å². The van der Waals surface area contributed by atoms with Crippen molar-refractivity contribution in [2.75, 3.05) is 0 Å². The van der Waals surface area contributed by atoms with E-state index in [4.69, 9.17) is 0 Å². The van der Waals surface area contributed by atoms with Gasteiger partial charge in [0.25, 0.3) is 0 Å². The van der Waals surface area contributed by atoms with E-state index >= 15 is 0 Å². The molecule has 15 rings (SSSR count). The van der Waals surface area contributed by atoms with Crippen LogP contribution in [-0.4, -0.2) is 0 Å². The Morgan fingerprint density at radius 1 is 0.576 bits per heavy atom. The minimum atomic E-state index is 0.0565. The Kier molecular flexibility index (Phi) is 7.95. The lowest BCUT2D eigenvalue weighted by Gasteiger charge is -2.45. The first-order chi connectivity index (χ1) is 32.3. The van der Waals surface area contributed by atoms with Gasteiger partial charge in [-0.05, 0) is 180 Å².